The molecule has 1 N–H and O–H groups in total. The van der Waals surface area contributed by atoms with Gasteiger partial charge in [0.2, 0.25) is 0 Å². The lowest BCUT2D eigenvalue weighted by molar-refractivity contribution is 0.0697. The summed E-state index contributed by atoms with van der Waals surface area (Å²) in [4.78, 5) is 12.0. The van der Waals surface area contributed by atoms with E-state index in [1.807, 2.05) is 24.4 Å². The van der Waals surface area contributed by atoms with E-state index in [4.69, 9.17) is 5.11 Å². The van der Waals surface area contributed by atoms with Crippen LogP contribution >= 0.6 is 11.3 Å². The fraction of sp³-hybridized carbons (Fsp3) is 0.0833. The molecule has 0 saturated carbocycles. The molecule has 1 aromatic carbocycles. The van der Waals surface area contributed by atoms with Gasteiger partial charge in [-0.15, -0.1) is 11.3 Å². The molecule has 0 amide bonds. The van der Waals surface area contributed by atoms with Crippen molar-refractivity contribution in [3.8, 4) is 11.1 Å². The number of aryl methyl sites for hydroxylation is 1. The molecule has 1 heterocycles. The van der Waals surface area contributed by atoms with Crippen molar-refractivity contribution < 1.29 is 9.90 Å². The van der Waals surface area contributed by atoms with Crippen molar-refractivity contribution in [2.45, 2.75) is 6.92 Å². The lowest BCUT2D eigenvalue weighted by atomic mass is 10.0. The molecule has 0 radical (unpaired) electrons. The van der Waals surface area contributed by atoms with Gasteiger partial charge in [-0.25, -0.2) is 4.79 Å². The topological polar surface area (TPSA) is 37.3 Å². The first-order valence-electron chi connectivity index (χ1n) is 4.56. The summed E-state index contributed by atoms with van der Waals surface area (Å²) in [5.41, 5.74) is 2.41. The van der Waals surface area contributed by atoms with E-state index >= 15 is 0 Å². The molecular formula is C12H10O2S. The third-order valence-electron chi connectivity index (χ3n) is 2.28. The monoisotopic (exact) mass is 218 g/mol. The first-order chi connectivity index (χ1) is 7.18. The highest BCUT2D eigenvalue weighted by molar-refractivity contribution is 7.10. The van der Waals surface area contributed by atoms with Crippen LogP contribution in [0.2, 0.25) is 0 Å². The molecule has 0 atom stereocenters. The van der Waals surface area contributed by atoms with E-state index in [-0.39, 0.29) is 0 Å². The molecule has 0 aliphatic carbocycles. The quantitative estimate of drug-likeness (QED) is 0.838. The molecule has 0 bridgehead atoms. The number of hydrogen-bond acceptors (Lipinski definition) is 2. The summed E-state index contributed by atoms with van der Waals surface area (Å²) < 4.78 is 0. The molecule has 2 rings (SSSR count). The second-order valence-electron chi connectivity index (χ2n) is 3.28. The van der Waals surface area contributed by atoms with Gasteiger partial charge in [-0.05, 0) is 41.6 Å². The van der Waals surface area contributed by atoms with Crippen molar-refractivity contribution in [3.05, 3.63) is 46.2 Å². The van der Waals surface area contributed by atoms with E-state index in [2.05, 4.69) is 0 Å². The minimum atomic E-state index is -0.885. The van der Waals surface area contributed by atoms with Gasteiger partial charge in [0.25, 0.3) is 0 Å². The molecule has 0 spiro atoms. The zero-order valence-corrected chi connectivity index (χ0v) is 9.04. The van der Waals surface area contributed by atoms with Crippen LogP contribution in [0.25, 0.3) is 11.1 Å². The van der Waals surface area contributed by atoms with Gasteiger partial charge in [0, 0.05) is 4.88 Å². The van der Waals surface area contributed by atoms with Gasteiger partial charge in [-0.1, -0.05) is 12.1 Å². The van der Waals surface area contributed by atoms with Crippen LogP contribution < -0.4 is 0 Å². The molecule has 3 heteroatoms. The first kappa shape index (κ1) is 9.93. The van der Waals surface area contributed by atoms with Gasteiger partial charge in [0.1, 0.15) is 0 Å². The maximum atomic E-state index is 10.8. The van der Waals surface area contributed by atoms with E-state index in [9.17, 15) is 4.79 Å². The predicted molar refractivity (Wildman–Crippen MR) is 61.5 cm³/mol. The van der Waals surface area contributed by atoms with Crippen molar-refractivity contribution in [1.82, 2.24) is 0 Å². The minimum Gasteiger partial charge on any atom is -0.478 e. The number of carboxylic acids is 1. The number of aromatic carboxylic acids is 1. The van der Waals surface area contributed by atoms with Crippen LogP contribution in [0.1, 0.15) is 15.2 Å². The zero-order chi connectivity index (χ0) is 10.8. The van der Waals surface area contributed by atoms with E-state index in [1.54, 1.807) is 29.5 Å². The van der Waals surface area contributed by atoms with Gasteiger partial charge < -0.3 is 5.11 Å². The molecule has 15 heavy (non-hydrogen) atoms. The average Bonchev–Trinajstić information content (AvgIpc) is 2.64. The Balaban J connectivity index is 2.50. The molecule has 0 aliphatic rings. The van der Waals surface area contributed by atoms with Gasteiger partial charge in [0.15, 0.2) is 0 Å². The number of hydrogen-bond donors (Lipinski definition) is 1. The lowest BCUT2D eigenvalue weighted by Crippen LogP contribution is -1.95. The Morgan fingerprint density at radius 1 is 1.33 bits per heavy atom. The van der Waals surface area contributed by atoms with Crippen molar-refractivity contribution in [2.24, 2.45) is 0 Å². The van der Waals surface area contributed by atoms with Gasteiger partial charge in [-0.2, -0.15) is 0 Å². The highest BCUT2D eigenvalue weighted by atomic mass is 32.1. The minimum absolute atomic E-state index is 0.332. The summed E-state index contributed by atoms with van der Waals surface area (Å²) in [5.74, 6) is -0.885. The molecule has 0 aliphatic heterocycles. The number of thiophene rings is 1. The number of rotatable bonds is 2. The molecular weight excluding hydrogens is 208 g/mol. The molecule has 76 valence electrons. The first-order valence-corrected chi connectivity index (χ1v) is 5.44. The summed E-state index contributed by atoms with van der Waals surface area (Å²) in [7, 11) is 0. The lowest BCUT2D eigenvalue weighted by Gasteiger charge is -2.01. The Hall–Kier alpha value is -1.61. The second kappa shape index (κ2) is 3.87. The van der Waals surface area contributed by atoms with Crippen molar-refractivity contribution in [1.29, 1.82) is 0 Å². The van der Waals surface area contributed by atoms with Crippen LogP contribution in [0.5, 0.6) is 0 Å². The Morgan fingerprint density at radius 2 is 2.13 bits per heavy atom. The van der Waals surface area contributed by atoms with Crippen LogP contribution in [0, 0.1) is 6.92 Å². The Bertz CT molecular complexity index is 500. The van der Waals surface area contributed by atoms with E-state index in [1.165, 1.54) is 4.88 Å². The van der Waals surface area contributed by atoms with E-state index in [0.717, 1.165) is 11.1 Å². The van der Waals surface area contributed by atoms with Gasteiger partial charge >= 0.3 is 5.97 Å². The average molecular weight is 218 g/mol. The number of carboxylic acid groups (broad SMARTS) is 1. The number of carbonyl (C=O) groups is 1. The Kier molecular flexibility index (Phi) is 2.56. The summed E-state index contributed by atoms with van der Waals surface area (Å²) in [6.07, 6.45) is 0. The molecule has 2 nitrogen and oxygen atoms in total. The smallest absolute Gasteiger partial charge is 0.335 e. The number of benzene rings is 1. The largest absolute Gasteiger partial charge is 0.478 e. The van der Waals surface area contributed by atoms with Crippen LogP contribution in [0.4, 0.5) is 0 Å². The van der Waals surface area contributed by atoms with Crippen LogP contribution in [-0.2, 0) is 0 Å². The van der Waals surface area contributed by atoms with Crippen molar-refractivity contribution >= 4 is 17.3 Å². The van der Waals surface area contributed by atoms with E-state index < -0.39 is 5.97 Å². The highest BCUT2D eigenvalue weighted by Gasteiger charge is 2.06. The summed E-state index contributed by atoms with van der Waals surface area (Å²) in [6.45, 7) is 2.04. The molecule has 2 aromatic rings. The fourth-order valence-electron chi connectivity index (χ4n) is 1.50. The third kappa shape index (κ3) is 1.92. The van der Waals surface area contributed by atoms with Gasteiger partial charge in [0.05, 0.1) is 5.56 Å². The summed E-state index contributed by atoms with van der Waals surface area (Å²) in [5, 5.41) is 10.9. The van der Waals surface area contributed by atoms with E-state index in [0.29, 0.717) is 5.56 Å². The second-order valence-corrected chi connectivity index (χ2v) is 4.40. The highest BCUT2D eigenvalue weighted by Crippen LogP contribution is 2.27. The van der Waals surface area contributed by atoms with Crippen LogP contribution in [0.15, 0.2) is 35.7 Å². The third-order valence-corrected chi connectivity index (χ3v) is 3.12. The standard InChI is InChI=1S/C12H10O2S/c1-8-11(5-6-15-8)9-3-2-4-10(7-9)12(13)14/h2-7H,1H3,(H,13,14). The summed E-state index contributed by atoms with van der Waals surface area (Å²) in [6, 6.07) is 9.03. The molecule has 1 aromatic heterocycles. The Morgan fingerprint density at radius 3 is 2.73 bits per heavy atom. The van der Waals surface area contributed by atoms with Crippen molar-refractivity contribution in [3.63, 3.8) is 0 Å². The van der Waals surface area contributed by atoms with Gasteiger partial charge in [-0.3, -0.25) is 0 Å². The summed E-state index contributed by atoms with van der Waals surface area (Å²) >= 11 is 1.67. The fourth-order valence-corrected chi connectivity index (χ4v) is 2.23. The van der Waals surface area contributed by atoms with Crippen molar-refractivity contribution in [2.75, 3.05) is 0 Å². The molecule has 0 unspecified atom stereocenters. The maximum Gasteiger partial charge on any atom is 0.335 e. The Labute approximate surface area is 91.8 Å². The predicted octanol–water partition coefficient (Wildman–Crippen LogP) is 3.42. The van der Waals surface area contributed by atoms with Crippen LogP contribution in [0.3, 0.4) is 0 Å². The normalized spacial score (nSPS) is 10.2. The zero-order valence-electron chi connectivity index (χ0n) is 8.23. The van der Waals surface area contributed by atoms with Crippen LogP contribution in [-0.4, -0.2) is 11.1 Å². The molecule has 0 saturated heterocycles. The SMILES string of the molecule is Cc1sccc1-c1cccc(C(=O)O)c1. The maximum absolute atomic E-state index is 10.8. The molecule has 0 fully saturated rings.